The number of halogens is 4. The first-order chi connectivity index (χ1) is 15.5. The second kappa shape index (κ2) is 8.36. The summed E-state index contributed by atoms with van der Waals surface area (Å²) in [5.41, 5.74) is 0.258. The number of hydrogen-bond donors (Lipinski definition) is 0. The van der Waals surface area contributed by atoms with Gasteiger partial charge in [-0.25, -0.2) is 0 Å². The van der Waals surface area contributed by atoms with Crippen molar-refractivity contribution in [2.75, 3.05) is 33.8 Å². The van der Waals surface area contributed by atoms with Crippen LogP contribution in [0.15, 0.2) is 30.3 Å². The van der Waals surface area contributed by atoms with Crippen LogP contribution in [0.3, 0.4) is 0 Å². The quantitative estimate of drug-likeness (QED) is 0.602. The van der Waals surface area contributed by atoms with Gasteiger partial charge in [-0.1, -0.05) is 11.6 Å². The lowest BCUT2D eigenvalue weighted by molar-refractivity contribution is -0.0894. The number of fused-ring (bicyclic) bond motifs is 2. The number of likely N-dealkylation sites (N-methyl/N-ethyl adjacent to an activating group) is 1. The predicted octanol–water partition coefficient (Wildman–Crippen LogP) is 4.53. The van der Waals surface area contributed by atoms with Crippen molar-refractivity contribution in [3.8, 4) is 5.75 Å². The summed E-state index contributed by atoms with van der Waals surface area (Å²) >= 11 is 6.17. The third-order valence-electron chi connectivity index (χ3n) is 6.87. The highest BCUT2D eigenvalue weighted by atomic mass is 35.5. The fourth-order valence-electron chi connectivity index (χ4n) is 5.18. The van der Waals surface area contributed by atoms with Gasteiger partial charge in [0, 0.05) is 36.9 Å². The third kappa shape index (κ3) is 3.91. The standard InChI is InChI=1S/C23H25ClF3N3O3/c1-14-13-28(2)22(19-7-5-17(30(14)19)20(31)23(25,26)27)8-10-29(11-9-22)21(32)15-4-6-18(33-3)16(24)12-15/h4-7,12,14H,8-11,13H2,1-3H3. The summed E-state index contributed by atoms with van der Waals surface area (Å²) < 4.78 is 46.2. The Morgan fingerprint density at radius 2 is 1.82 bits per heavy atom. The first-order valence-corrected chi connectivity index (χ1v) is 11.0. The molecule has 0 N–H and O–H groups in total. The molecule has 2 aromatic rings. The Bertz CT molecular complexity index is 1090. The summed E-state index contributed by atoms with van der Waals surface area (Å²) in [5.74, 6) is -1.51. The SMILES string of the molecule is COc1ccc(C(=O)N2CCC3(CC2)c2ccc(C(=O)C(F)(F)F)n2C(C)CN3C)cc1Cl. The summed E-state index contributed by atoms with van der Waals surface area (Å²) in [6.45, 7) is 3.16. The van der Waals surface area contributed by atoms with E-state index in [1.54, 1.807) is 29.2 Å². The number of aromatic nitrogens is 1. The molecule has 0 aliphatic carbocycles. The van der Waals surface area contributed by atoms with E-state index in [0.717, 1.165) is 0 Å². The number of ether oxygens (including phenoxy) is 1. The van der Waals surface area contributed by atoms with Gasteiger partial charge in [0.25, 0.3) is 11.7 Å². The third-order valence-corrected chi connectivity index (χ3v) is 7.17. The lowest BCUT2D eigenvalue weighted by Gasteiger charge is -2.52. The summed E-state index contributed by atoms with van der Waals surface area (Å²) in [6, 6.07) is 7.50. The van der Waals surface area contributed by atoms with Gasteiger partial charge in [-0.2, -0.15) is 13.2 Å². The summed E-state index contributed by atoms with van der Waals surface area (Å²) in [7, 11) is 3.44. The zero-order valence-electron chi connectivity index (χ0n) is 18.6. The van der Waals surface area contributed by atoms with E-state index in [-0.39, 0.29) is 17.6 Å². The Balaban J connectivity index is 1.60. The van der Waals surface area contributed by atoms with Crippen LogP contribution in [0.25, 0.3) is 0 Å². The second-order valence-corrected chi connectivity index (χ2v) is 9.11. The smallest absolute Gasteiger partial charge is 0.456 e. The highest BCUT2D eigenvalue weighted by Crippen LogP contribution is 2.44. The number of piperidine rings is 1. The minimum atomic E-state index is -4.93. The minimum absolute atomic E-state index is 0.162. The molecule has 0 bridgehead atoms. The number of nitrogens with zero attached hydrogens (tertiary/aromatic N) is 3. The van der Waals surface area contributed by atoms with Crippen molar-refractivity contribution in [2.45, 2.75) is 37.5 Å². The molecule has 1 aromatic heterocycles. The zero-order chi connectivity index (χ0) is 24.1. The second-order valence-electron chi connectivity index (χ2n) is 8.70. The van der Waals surface area contributed by atoms with Crippen LogP contribution in [0.1, 0.15) is 52.3 Å². The molecule has 2 aliphatic rings. The zero-order valence-corrected chi connectivity index (χ0v) is 19.3. The molecule has 4 rings (SSSR count). The number of Topliss-reactive ketones (excluding diaryl/α,β-unsaturated/α-hetero) is 1. The van der Waals surface area contributed by atoms with Gasteiger partial charge in [0.1, 0.15) is 5.75 Å². The first kappa shape index (κ1) is 23.6. The average Bonchev–Trinajstić information content (AvgIpc) is 3.22. The summed E-state index contributed by atoms with van der Waals surface area (Å²) in [6.07, 6.45) is -3.86. The molecule has 1 atom stereocenters. The molecule has 33 heavy (non-hydrogen) atoms. The van der Waals surface area contributed by atoms with E-state index < -0.39 is 17.5 Å². The number of likely N-dealkylation sites (tertiary alicyclic amines) is 1. The predicted molar refractivity (Wildman–Crippen MR) is 117 cm³/mol. The van der Waals surface area contributed by atoms with Crippen molar-refractivity contribution in [3.63, 3.8) is 0 Å². The van der Waals surface area contributed by atoms with E-state index in [2.05, 4.69) is 4.90 Å². The van der Waals surface area contributed by atoms with Crippen LogP contribution in [0.5, 0.6) is 5.75 Å². The van der Waals surface area contributed by atoms with E-state index >= 15 is 0 Å². The van der Waals surface area contributed by atoms with Gasteiger partial charge in [-0.3, -0.25) is 14.5 Å². The lowest BCUT2D eigenvalue weighted by atomic mass is 9.80. The number of amides is 1. The average molecular weight is 484 g/mol. The normalized spacial score (nSPS) is 20.6. The van der Waals surface area contributed by atoms with E-state index in [1.807, 2.05) is 14.0 Å². The Morgan fingerprint density at radius 3 is 2.39 bits per heavy atom. The van der Waals surface area contributed by atoms with Crippen molar-refractivity contribution >= 4 is 23.3 Å². The van der Waals surface area contributed by atoms with Crippen LogP contribution in [-0.2, 0) is 5.54 Å². The van der Waals surface area contributed by atoms with E-state index in [0.29, 0.717) is 54.5 Å². The molecule has 2 aliphatic heterocycles. The highest BCUT2D eigenvalue weighted by Gasteiger charge is 2.49. The number of carbonyl (C=O) groups is 2. The first-order valence-electron chi connectivity index (χ1n) is 10.7. The Kier molecular flexibility index (Phi) is 5.99. The van der Waals surface area contributed by atoms with Crippen molar-refractivity contribution in [1.82, 2.24) is 14.4 Å². The van der Waals surface area contributed by atoms with Crippen LogP contribution in [0.4, 0.5) is 13.2 Å². The molecule has 0 saturated carbocycles. The molecule has 6 nitrogen and oxygen atoms in total. The summed E-state index contributed by atoms with van der Waals surface area (Å²) in [5, 5.41) is 0.345. The maximum absolute atomic E-state index is 13.2. The van der Waals surface area contributed by atoms with Crippen molar-refractivity contribution in [3.05, 3.63) is 52.3 Å². The van der Waals surface area contributed by atoms with E-state index in [1.165, 1.54) is 17.7 Å². The fraction of sp³-hybridized carbons (Fsp3) is 0.478. The van der Waals surface area contributed by atoms with Gasteiger partial charge in [0.2, 0.25) is 0 Å². The number of hydrogen-bond acceptors (Lipinski definition) is 4. The van der Waals surface area contributed by atoms with E-state index in [9.17, 15) is 22.8 Å². The van der Waals surface area contributed by atoms with Crippen LogP contribution in [-0.4, -0.2) is 66.0 Å². The topological polar surface area (TPSA) is 54.8 Å². The van der Waals surface area contributed by atoms with Gasteiger partial charge in [-0.05, 0) is 57.1 Å². The number of carbonyl (C=O) groups excluding carboxylic acids is 2. The van der Waals surface area contributed by atoms with Crippen molar-refractivity contribution in [1.29, 1.82) is 0 Å². The van der Waals surface area contributed by atoms with Gasteiger partial charge in [0.05, 0.1) is 23.4 Å². The van der Waals surface area contributed by atoms with Crippen LogP contribution >= 0.6 is 11.6 Å². The molecule has 1 fully saturated rings. The van der Waals surface area contributed by atoms with Crippen LogP contribution < -0.4 is 4.74 Å². The monoisotopic (exact) mass is 483 g/mol. The molecular formula is C23H25ClF3N3O3. The maximum atomic E-state index is 13.2. The molecular weight excluding hydrogens is 459 g/mol. The number of methoxy groups -OCH3 is 1. The fourth-order valence-corrected chi connectivity index (χ4v) is 5.44. The van der Waals surface area contributed by atoms with Gasteiger partial charge in [-0.15, -0.1) is 0 Å². The number of rotatable bonds is 3. The number of ketones is 1. The van der Waals surface area contributed by atoms with Gasteiger partial charge < -0.3 is 14.2 Å². The van der Waals surface area contributed by atoms with Crippen LogP contribution in [0, 0.1) is 0 Å². The van der Waals surface area contributed by atoms with Crippen molar-refractivity contribution in [2.24, 2.45) is 0 Å². The molecule has 1 amide bonds. The Labute approximate surface area is 194 Å². The molecule has 178 valence electrons. The molecule has 3 heterocycles. The highest BCUT2D eigenvalue weighted by molar-refractivity contribution is 6.32. The van der Waals surface area contributed by atoms with Crippen LogP contribution in [0.2, 0.25) is 5.02 Å². The minimum Gasteiger partial charge on any atom is -0.495 e. The molecule has 1 saturated heterocycles. The molecule has 0 radical (unpaired) electrons. The molecule has 1 aromatic carbocycles. The lowest BCUT2D eigenvalue weighted by Crippen LogP contribution is -2.57. The van der Waals surface area contributed by atoms with E-state index in [4.69, 9.17) is 16.3 Å². The van der Waals surface area contributed by atoms with Gasteiger partial charge in [0.15, 0.2) is 0 Å². The molecule has 10 heteroatoms. The molecule has 1 spiro atoms. The maximum Gasteiger partial charge on any atom is 0.456 e. The van der Waals surface area contributed by atoms with Crippen molar-refractivity contribution < 1.29 is 27.5 Å². The number of alkyl halides is 3. The Hall–Kier alpha value is -2.52. The number of benzene rings is 1. The largest absolute Gasteiger partial charge is 0.495 e. The molecule has 1 unspecified atom stereocenters. The van der Waals surface area contributed by atoms with Gasteiger partial charge >= 0.3 is 6.18 Å². The Morgan fingerprint density at radius 1 is 1.15 bits per heavy atom. The summed E-state index contributed by atoms with van der Waals surface area (Å²) in [4.78, 5) is 28.9.